The van der Waals surface area contributed by atoms with E-state index >= 15 is 0 Å². The van der Waals surface area contributed by atoms with Crippen LogP contribution in [0.25, 0.3) is 5.78 Å². The van der Waals surface area contributed by atoms with Crippen molar-refractivity contribution in [3.63, 3.8) is 0 Å². The van der Waals surface area contributed by atoms with Crippen LogP contribution in [0, 0.1) is 6.92 Å². The van der Waals surface area contributed by atoms with Crippen LogP contribution >= 0.6 is 0 Å². The number of hydrogen-bond acceptors (Lipinski definition) is 6. The molecule has 1 amide bonds. The Morgan fingerprint density at radius 3 is 3.00 bits per heavy atom. The molecule has 1 saturated carbocycles. The number of aromatic nitrogens is 5. The fourth-order valence-corrected chi connectivity index (χ4v) is 3.87. The number of aryl methyl sites for hydroxylation is 1. The van der Waals surface area contributed by atoms with Crippen molar-refractivity contribution in [3.8, 4) is 0 Å². The van der Waals surface area contributed by atoms with E-state index in [1.54, 1.807) is 10.7 Å². The molecule has 1 aliphatic carbocycles. The molecule has 3 aromatic heterocycles. The van der Waals surface area contributed by atoms with Crippen LogP contribution in [0.5, 0.6) is 0 Å². The number of nitrogens with zero attached hydrogens (tertiary/aromatic N) is 6. The van der Waals surface area contributed by atoms with Gasteiger partial charge in [-0.15, -0.1) is 0 Å². The van der Waals surface area contributed by atoms with Crippen LogP contribution in [-0.4, -0.2) is 48.6 Å². The topological polar surface area (TPSA) is 89.4 Å². The summed E-state index contributed by atoms with van der Waals surface area (Å²) in [5.74, 6) is 1.98. The number of hydrogen-bond donors (Lipinski definition) is 0. The molecule has 1 saturated heterocycles. The van der Waals surface area contributed by atoms with E-state index in [0.717, 1.165) is 49.4 Å². The molecule has 8 heteroatoms. The van der Waals surface area contributed by atoms with Gasteiger partial charge in [0.2, 0.25) is 0 Å². The number of amides is 1. The Labute approximate surface area is 150 Å². The van der Waals surface area contributed by atoms with Crippen LogP contribution < -0.4 is 0 Å². The third-order valence-corrected chi connectivity index (χ3v) is 5.31. The van der Waals surface area contributed by atoms with Crippen LogP contribution in [0.15, 0.2) is 23.1 Å². The van der Waals surface area contributed by atoms with E-state index < -0.39 is 0 Å². The Kier molecular flexibility index (Phi) is 3.51. The minimum atomic E-state index is 0.0264. The summed E-state index contributed by atoms with van der Waals surface area (Å²) in [6.07, 6.45) is 7.23. The van der Waals surface area contributed by atoms with E-state index in [1.165, 1.54) is 6.33 Å². The zero-order chi connectivity index (χ0) is 17.7. The highest BCUT2D eigenvalue weighted by Gasteiger charge is 2.35. The molecule has 2 aliphatic rings. The maximum absolute atomic E-state index is 13.1. The first-order valence-corrected chi connectivity index (χ1v) is 9.12. The second-order valence-electron chi connectivity index (χ2n) is 7.26. The molecule has 1 unspecified atom stereocenters. The van der Waals surface area contributed by atoms with Crippen LogP contribution in [-0.2, 0) is 0 Å². The van der Waals surface area contributed by atoms with E-state index in [4.69, 9.17) is 4.52 Å². The quantitative estimate of drug-likeness (QED) is 0.719. The largest absolute Gasteiger partial charge is 0.360 e. The predicted octanol–water partition coefficient (Wildman–Crippen LogP) is 2.32. The van der Waals surface area contributed by atoms with Crippen molar-refractivity contribution >= 4 is 11.7 Å². The summed E-state index contributed by atoms with van der Waals surface area (Å²) < 4.78 is 7.14. The van der Waals surface area contributed by atoms with Gasteiger partial charge in [-0.25, -0.2) is 9.50 Å². The Bertz CT molecular complexity index is 973. The highest BCUT2D eigenvalue weighted by atomic mass is 16.5. The van der Waals surface area contributed by atoms with Crippen LogP contribution in [0.3, 0.4) is 0 Å². The molecule has 1 aliphatic heterocycles. The lowest BCUT2D eigenvalue weighted by molar-refractivity contribution is 0.0702. The Balaban J connectivity index is 1.43. The van der Waals surface area contributed by atoms with Gasteiger partial charge in [0.25, 0.3) is 11.7 Å². The van der Waals surface area contributed by atoms with Gasteiger partial charge in [0.15, 0.2) is 5.76 Å². The third kappa shape index (κ3) is 2.56. The van der Waals surface area contributed by atoms with Crippen molar-refractivity contribution in [2.45, 2.75) is 44.4 Å². The van der Waals surface area contributed by atoms with Gasteiger partial charge in [0.05, 0.1) is 11.9 Å². The van der Waals surface area contributed by atoms with Crippen molar-refractivity contribution in [1.29, 1.82) is 0 Å². The molecule has 0 aromatic carbocycles. The molecule has 0 spiro atoms. The molecule has 26 heavy (non-hydrogen) atoms. The maximum atomic E-state index is 13.1. The van der Waals surface area contributed by atoms with E-state index in [2.05, 4.69) is 26.3 Å². The van der Waals surface area contributed by atoms with Crippen molar-refractivity contribution < 1.29 is 9.32 Å². The molecule has 0 radical (unpaired) electrons. The number of fused-ring (bicyclic) bond motifs is 1. The van der Waals surface area contributed by atoms with Crippen molar-refractivity contribution in [2.24, 2.45) is 0 Å². The summed E-state index contributed by atoms with van der Waals surface area (Å²) in [6.45, 7) is 3.38. The Morgan fingerprint density at radius 1 is 1.27 bits per heavy atom. The molecule has 1 atom stereocenters. The van der Waals surface area contributed by atoms with Crippen LogP contribution in [0.2, 0.25) is 0 Å². The highest BCUT2D eigenvalue weighted by molar-refractivity contribution is 5.95. The zero-order valence-corrected chi connectivity index (χ0v) is 14.6. The van der Waals surface area contributed by atoms with Gasteiger partial charge >= 0.3 is 0 Å². The van der Waals surface area contributed by atoms with Gasteiger partial charge < -0.3 is 9.42 Å². The molecule has 2 fully saturated rings. The lowest BCUT2D eigenvalue weighted by atomic mass is 9.93. The maximum Gasteiger partial charge on any atom is 0.259 e. The van der Waals surface area contributed by atoms with Gasteiger partial charge in [-0.2, -0.15) is 10.1 Å². The number of piperidine rings is 1. The predicted molar refractivity (Wildman–Crippen MR) is 91.9 cm³/mol. The lowest BCUT2D eigenvalue weighted by Gasteiger charge is -2.32. The number of rotatable bonds is 3. The lowest BCUT2D eigenvalue weighted by Crippen LogP contribution is -2.39. The number of likely N-dealkylation sites (tertiary alicyclic amines) is 1. The fraction of sp³-hybridized carbons (Fsp3) is 0.500. The van der Waals surface area contributed by atoms with Gasteiger partial charge in [0.1, 0.15) is 11.9 Å². The fourth-order valence-electron chi connectivity index (χ4n) is 3.87. The average Bonchev–Trinajstić information content (AvgIpc) is 3.19. The smallest absolute Gasteiger partial charge is 0.259 e. The van der Waals surface area contributed by atoms with E-state index in [1.807, 2.05) is 11.8 Å². The van der Waals surface area contributed by atoms with Crippen molar-refractivity contribution in [3.05, 3.63) is 41.3 Å². The molecular formula is C18H20N6O2. The van der Waals surface area contributed by atoms with Gasteiger partial charge in [0, 0.05) is 30.6 Å². The first-order valence-electron chi connectivity index (χ1n) is 9.12. The third-order valence-electron chi connectivity index (χ3n) is 5.31. The van der Waals surface area contributed by atoms with E-state index in [0.29, 0.717) is 23.8 Å². The molecule has 3 aromatic rings. The first kappa shape index (κ1) is 15.5. The molecule has 8 nitrogen and oxygen atoms in total. The highest BCUT2D eigenvalue weighted by Crippen LogP contribution is 2.42. The SMILES string of the molecule is Cc1cc(C2CCCN(C(=O)c3cnoc3C3CC3)C2)n2ncnc2n1. The normalized spacial score (nSPS) is 20.7. The summed E-state index contributed by atoms with van der Waals surface area (Å²) in [6, 6.07) is 2.05. The number of carbonyl (C=O) groups is 1. The standard InChI is InChI=1S/C18H20N6O2/c1-11-7-15(24-18(22-11)19-10-20-24)13-3-2-6-23(9-13)17(25)14-8-21-26-16(14)12-4-5-12/h7-8,10,12-13H,2-6,9H2,1H3. The minimum Gasteiger partial charge on any atom is -0.360 e. The second-order valence-corrected chi connectivity index (χ2v) is 7.26. The molecule has 4 heterocycles. The van der Waals surface area contributed by atoms with Crippen molar-refractivity contribution in [1.82, 2.24) is 29.6 Å². The first-order chi connectivity index (χ1) is 12.7. The Hall–Kier alpha value is -2.77. The van der Waals surface area contributed by atoms with Gasteiger partial charge in [-0.1, -0.05) is 5.16 Å². The van der Waals surface area contributed by atoms with Crippen LogP contribution in [0.1, 0.15) is 65.0 Å². The number of carbonyl (C=O) groups excluding carboxylic acids is 1. The summed E-state index contributed by atoms with van der Waals surface area (Å²) >= 11 is 0. The molecule has 0 bridgehead atoms. The average molecular weight is 352 g/mol. The zero-order valence-electron chi connectivity index (χ0n) is 14.6. The molecular weight excluding hydrogens is 332 g/mol. The van der Waals surface area contributed by atoms with E-state index in [9.17, 15) is 4.79 Å². The second kappa shape index (κ2) is 5.89. The summed E-state index contributed by atoms with van der Waals surface area (Å²) in [4.78, 5) is 23.6. The Morgan fingerprint density at radius 2 is 2.15 bits per heavy atom. The minimum absolute atomic E-state index is 0.0264. The summed E-state index contributed by atoms with van der Waals surface area (Å²) in [5, 5.41) is 8.18. The van der Waals surface area contributed by atoms with Gasteiger partial charge in [-0.05, 0) is 38.7 Å². The van der Waals surface area contributed by atoms with E-state index in [-0.39, 0.29) is 11.8 Å². The van der Waals surface area contributed by atoms with Gasteiger partial charge in [-0.3, -0.25) is 4.79 Å². The van der Waals surface area contributed by atoms with Crippen LogP contribution in [0.4, 0.5) is 0 Å². The summed E-state index contributed by atoms with van der Waals surface area (Å²) in [7, 11) is 0. The molecule has 5 rings (SSSR count). The van der Waals surface area contributed by atoms with Crippen molar-refractivity contribution in [2.75, 3.05) is 13.1 Å². The summed E-state index contributed by atoms with van der Waals surface area (Å²) in [5.41, 5.74) is 2.61. The molecule has 134 valence electrons. The monoisotopic (exact) mass is 352 g/mol. The molecule has 0 N–H and O–H groups in total.